The number of carbonyl (C=O) groups is 3. The number of aromatic nitrogens is 1. The van der Waals surface area contributed by atoms with Crippen LogP contribution in [-0.4, -0.2) is 33.8 Å². The van der Waals surface area contributed by atoms with E-state index in [9.17, 15) is 14.4 Å². The maximum Gasteiger partial charge on any atom is 0.316 e. The SMILES string of the molecule is O=C(O)[C@H]1CC(=O)[C@H](Cc2c[nH]c3ccccc23)NC1=O. The molecule has 0 spiro atoms. The molecule has 1 aromatic heterocycles. The van der Waals surface area contributed by atoms with Gasteiger partial charge in [-0.1, -0.05) is 18.2 Å². The van der Waals surface area contributed by atoms with Gasteiger partial charge < -0.3 is 15.4 Å². The zero-order valence-corrected chi connectivity index (χ0v) is 11.1. The van der Waals surface area contributed by atoms with E-state index < -0.39 is 23.8 Å². The number of ketones is 1. The topological polar surface area (TPSA) is 99.3 Å². The molecule has 21 heavy (non-hydrogen) atoms. The molecule has 0 saturated carbocycles. The minimum absolute atomic E-state index is 0.242. The zero-order valence-electron chi connectivity index (χ0n) is 11.1. The number of hydrogen-bond donors (Lipinski definition) is 3. The molecule has 108 valence electrons. The second kappa shape index (κ2) is 5.05. The van der Waals surface area contributed by atoms with Crippen LogP contribution in [0.2, 0.25) is 0 Å². The lowest BCUT2D eigenvalue weighted by Gasteiger charge is -2.25. The van der Waals surface area contributed by atoms with E-state index in [1.807, 2.05) is 30.5 Å². The number of amides is 1. The lowest BCUT2D eigenvalue weighted by Crippen LogP contribution is -2.52. The second-order valence-corrected chi connectivity index (χ2v) is 5.19. The molecular weight excluding hydrogens is 272 g/mol. The number of H-pyrrole nitrogens is 1. The molecule has 0 aliphatic carbocycles. The van der Waals surface area contributed by atoms with Gasteiger partial charge in [0.1, 0.15) is 5.92 Å². The maximum absolute atomic E-state index is 12.0. The van der Waals surface area contributed by atoms with Crippen molar-refractivity contribution in [3.8, 4) is 0 Å². The van der Waals surface area contributed by atoms with Gasteiger partial charge in [-0.2, -0.15) is 0 Å². The summed E-state index contributed by atoms with van der Waals surface area (Å²) in [6.45, 7) is 0. The normalized spacial score (nSPS) is 22.3. The molecule has 3 rings (SSSR count). The van der Waals surface area contributed by atoms with E-state index in [1.54, 1.807) is 0 Å². The molecule has 6 heteroatoms. The largest absolute Gasteiger partial charge is 0.481 e. The van der Waals surface area contributed by atoms with Crippen LogP contribution in [0.3, 0.4) is 0 Å². The van der Waals surface area contributed by atoms with E-state index in [0.717, 1.165) is 16.5 Å². The molecule has 1 aromatic carbocycles. The number of carbonyl (C=O) groups excluding carboxylic acids is 2. The predicted octanol–water partition coefficient (Wildman–Crippen LogP) is 0.869. The van der Waals surface area contributed by atoms with Crippen LogP contribution >= 0.6 is 0 Å². The monoisotopic (exact) mass is 286 g/mol. The Bertz CT molecular complexity index is 734. The van der Waals surface area contributed by atoms with Crippen molar-refractivity contribution in [1.82, 2.24) is 10.3 Å². The molecule has 3 N–H and O–H groups in total. The predicted molar refractivity (Wildman–Crippen MR) is 74.7 cm³/mol. The molecule has 6 nitrogen and oxygen atoms in total. The number of benzene rings is 1. The fourth-order valence-electron chi connectivity index (χ4n) is 2.67. The molecule has 2 heterocycles. The summed E-state index contributed by atoms with van der Waals surface area (Å²) < 4.78 is 0. The van der Waals surface area contributed by atoms with Crippen LogP contribution in [-0.2, 0) is 20.8 Å². The smallest absolute Gasteiger partial charge is 0.316 e. The molecule has 0 bridgehead atoms. The van der Waals surface area contributed by atoms with Crippen LogP contribution < -0.4 is 5.32 Å². The average Bonchev–Trinajstić information content (AvgIpc) is 2.85. The van der Waals surface area contributed by atoms with E-state index in [1.165, 1.54) is 0 Å². The first kappa shape index (κ1) is 13.4. The minimum atomic E-state index is -1.27. The number of Topliss-reactive ketones (excluding diaryl/α,β-unsaturated/α-hetero) is 1. The standard InChI is InChI=1S/C15H14N2O4/c18-13-6-10(15(20)21)14(19)17-12(13)5-8-7-16-11-4-2-1-3-9(8)11/h1-4,7,10,12,16H,5-6H2,(H,17,19)(H,20,21)/t10-,12-/m0/s1. The van der Waals surface area contributed by atoms with Crippen LogP contribution in [0.5, 0.6) is 0 Å². The number of para-hydroxylation sites is 1. The molecule has 1 aliphatic rings. The first-order chi connectivity index (χ1) is 10.1. The summed E-state index contributed by atoms with van der Waals surface area (Å²) in [5, 5.41) is 12.4. The van der Waals surface area contributed by atoms with Crippen molar-refractivity contribution in [3.63, 3.8) is 0 Å². The number of piperidine rings is 1. The van der Waals surface area contributed by atoms with E-state index in [4.69, 9.17) is 5.11 Å². The summed E-state index contributed by atoms with van der Waals surface area (Å²) in [5.41, 5.74) is 1.89. The third-order valence-corrected chi connectivity index (χ3v) is 3.82. The van der Waals surface area contributed by atoms with E-state index in [0.29, 0.717) is 6.42 Å². The average molecular weight is 286 g/mol. The van der Waals surface area contributed by atoms with Crippen molar-refractivity contribution in [2.24, 2.45) is 5.92 Å². The van der Waals surface area contributed by atoms with Crippen molar-refractivity contribution in [3.05, 3.63) is 36.0 Å². The number of nitrogens with one attached hydrogen (secondary N) is 2. The molecule has 1 saturated heterocycles. The number of rotatable bonds is 3. The number of aliphatic carboxylic acids is 1. The van der Waals surface area contributed by atoms with Gasteiger partial charge in [-0.25, -0.2) is 0 Å². The fourth-order valence-corrected chi connectivity index (χ4v) is 2.67. The minimum Gasteiger partial charge on any atom is -0.481 e. The van der Waals surface area contributed by atoms with Crippen LogP contribution in [0.25, 0.3) is 10.9 Å². The van der Waals surface area contributed by atoms with Crippen molar-refractivity contribution in [1.29, 1.82) is 0 Å². The lowest BCUT2D eigenvalue weighted by atomic mass is 9.89. The summed E-state index contributed by atoms with van der Waals surface area (Å²) in [7, 11) is 0. The second-order valence-electron chi connectivity index (χ2n) is 5.19. The highest BCUT2D eigenvalue weighted by Gasteiger charge is 2.38. The quantitative estimate of drug-likeness (QED) is 0.729. The first-order valence-electron chi connectivity index (χ1n) is 6.67. The van der Waals surface area contributed by atoms with Gasteiger partial charge in [0, 0.05) is 29.9 Å². The summed E-state index contributed by atoms with van der Waals surface area (Å²) in [6.07, 6.45) is 1.93. The number of aromatic amines is 1. The van der Waals surface area contributed by atoms with Crippen LogP contribution in [0.4, 0.5) is 0 Å². The summed E-state index contributed by atoms with van der Waals surface area (Å²) in [4.78, 5) is 37.8. The molecule has 1 fully saturated rings. The van der Waals surface area contributed by atoms with Gasteiger partial charge >= 0.3 is 5.97 Å². The Balaban J connectivity index is 1.81. The Morgan fingerprint density at radius 3 is 2.81 bits per heavy atom. The maximum atomic E-state index is 12.0. The molecular formula is C15H14N2O4. The number of carboxylic acids is 1. The molecule has 1 aliphatic heterocycles. The molecule has 0 radical (unpaired) electrons. The zero-order chi connectivity index (χ0) is 15.0. The summed E-state index contributed by atoms with van der Waals surface area (Å²) in [6, 6.07) is 7.03. The van der Waals surface area contributed by atoms with Crippen molar-refractivity contribution < 1.29 is 19.5 Å². The highest BCUT2D eigenvalue weighted by molar-refractivity contribution is 6.06. The molecule has 2 atom stereocenters. The Kier molecular flexibility index (Phi) is 3.21. The van der Waals surface area contributed by atoms with Crippen LogP contribution in [0.1, 0.15) is 12.0 Å². The summed E-state index contributed by atoms with van der Waals surface area (Å²) >= 11 is 0. The van der Waals surface area contributed by atoms with Crippen LogP contribution in [0, 0.1) is 5.92 Å². The molecule has 0 unspecified atom stereocenters. The molecule has 2 aromatic rings. The number of hydrogen-bond acceptors (Lipinski definition) is 3. The highest BCUT2D eigenvalue weighted by Crippen LogP contribution is 2.22. The van der Waals surface area contributed by atoms with E-state index >= 15 is 0 Å². The first-order valence-corrected chi connectivity index (χ1v) is 6.67. The van der Waals surface area contributed by atoms with Gasteiger partial charge in [-0.05, 0) is 11.6 Å². The van der Waals surface area contributed by atoms with Crippen LogP contribution in [0.15, 0.2) is 30.5 Å². The van der Waals surface area contributed by atoms with E-state index in [-0.39, 0.29) is 12.2 Å². The number of carboxylic acid groups (broad SMARTS) is 1. The summed E-state index contributed by atoms with van der Waals surface area (Å²) in [5.74, 6) is -3.36. The molecule has 1 amide bonds. The Morgan fingerprint density at radius 1 is 1.29 bits per heavy atom. The van der Waals surface area contributed by atoms with Gasteiger partial charge in [0.15, 0.2) is 5.78 Å². The Morgan fingerprint density at radius 2 is 2.05 bits per heavy atom. The van der Waals surface area contributed by atoms with Gasteiger partial charge in [0.2, 0.25) is 5.91 Å². The Hall–Kier alpha value is -2.63. The van der Waals surface area contributed by atoms with E-state index in [2.05, 4.69) is 10.3 Å². The lowest BCUT2D eigenvalue weighted by molar-refractivity contribution is -0.152. The van der Waals surface area contributed by atoms with Gasteiger partial charge in [0.05, 0.1) is 6.04 Å². The van der Waals surface area contributed by atoms with Gasteiger partial charge in [0.25, 0.3) is 0 Å². The Labute approximate surface area is 120 Å². The van der Waals surface area contributed by atoms with Gasteiger partial charge in [-0.3, -0.25) is 14.4 Å². The fraction of sp³-hybridized carbons (Fsp3) is 0.267. The van der Waals surface area contributed by atoms with Crippen molar-refractivity contribution in [2.75, 3.05) is 0 Å². The highest BCUT2D eigenvalue weighted by atomic mass is 16.4. The van der Waals surface area contributed by atoms with Crippen molar-refractivity contribution >= 4 is 28.6 Å². The van der Waals surface area contributed by atoms with Crippen molar-refractivity contribution in [2.45, 2.75) is 18.9 Å². The third kappa shape index (κ3) is 2.40. The van der Waals surface area contributed by atoms with Gasteiger partial charge in [-0.15, -0.1) is 0 Å². The third-order valence-electron chi connectivity index (χ3n) is 3.82. The number of fused-ring (bicyclic) bond motifs is 1.